The highest BCUT2D eigenvalue weighted by molar-refractivity contribution is 4.88. The molecule has 1 heterocycles. The van der Waals surface area contributed by atoms with Crippen LogP contribution in [0.5, 0.6) is 0 Å². The Morgan fingerprint density at radius 3 is 2.33 bits per heavy atom. The lowest BCUT2D eigenvalue weighted by Gasteiger charge is -2.41. The van der Waals surface area contributed by atoms with Gasteiger partial charge in [0.15, 0.2) is 0 Å². The van der Waals surface area contributed by atoms with Crippen molar-refractivity contribution < 1.29 is 0 Å². The van der Waals surface area contributed by atoms with Gasteiger partial charge >= 0.3 is 0 Å². The third-order valence-corrected chi connectivity index (χ3v) is 5.02. The van der Waals surface area contributed by atoms with Gasteiger partial charge in [-0.25, -0.2) is 0 Å². The predicted octanol–water partition coefficient (Wildman–Crippen LogP) is 3.41. The van der Waals surface area contributed by atoms with Crippen LogP contribution in [0.1, 0.15) is 65.2 Å². The van der Waals surface area contributed by atoms with Gasteiger partial charge in [-0.2, -0.15) is 0 Å². The van der Waals surface area contributed by atoms with Crippen LogP contribution in [0.15, 0.2) is 0 Å². The highest BCUT2D eigenvalue weighted by atomic mass is 15.1. The maximum absolute atomic E-state index is 6.36. The van der Waals surface area contributed by atoms with Gasteiger partial charge in [-0.15, -0.1) is 0 Å². The summed E-state index contributed by atoms with van der Waals surface area (Å²) >= 11 is 0. The number of likely N-dealkylation sites (tertiary alicyclic amines) is 1. The van der Waals surface area contributed by atoms with Gasteiger partial charge in [0.05, 0.1) is 0 Å². The fourth-order valence-electron chi connectivity index (χ4n) is 3.78. The van der Waals surface area contributed by atoms with Gasteiger partial charge in [0.2, 0.25) is 0 Å². The van der Waals surface area contributed by atoms with Crippen LogP contribution in [0.2, 0.25) is 0 Å². The topological polar surface area (TPSA) is 29.3 Å². The first-order chi connectivity index (χ1) is 8.57. The van der Waals surface area contributed by atoms with Crippen LogP contribution in [0.3, 0.4) is 0 Å². The summed E-state index contributed by atoms with van der Waals surface area (Å²) in [4.78, 5) is 2.70. The van der Waals surface area contributed by atoms with Crippen LogP contribution in [-0.2, 0) is 0 Å². The summed E-state index contributed by atoms with van der Waals surface area (Å²) in [6, 6.07) is 0.448. The Morgan fingerprint density at radius 1 is 1.06 bits per heavy atom. The van der Waals surface area contributed by atoms with E-state index in [1.165, 1.54) is 71.0 Å². The van der Waals surface area contributed by atoms with Crippen LogP contribution >= 0.6 is 0 Å². The van der Waals surface area contributed by atoms with Gasteiger partial charge in [0.25, 0.3) is 0 Å². The molecule has 1 aliphatic carbocycles. The first-order valence-electron chi connectivity index (χ1n) is 8.05. The van der Waals surface area contributed by atoms with Crippen molar-refractivity contribution in [1.29, 1.82) is 0 Å². The number of hydrogen-bond acceptors (Lipinski definition) is 2. The second-order valence-electron chi connectivity index (χ2n) is 7.40. The molecule has 0 aromatic carbocycles. The fourth-order valence-corrected chi connectivity index (χ4v) is 3.78. The Balaban J connectivity index is 1.85. The summed E-state index contributed by atoms with van der Waals surface area (Å²) in [7, 11) is 0. The smallest absolute Gasteiger partial charge is 0.00797 e. The van der Waals surface area contributed by atoms with Crippen LogP contribution in [0, 0.1) is 11.3 Å². The van der Waals surface area contributed by atoms with E-state index in [9.17, 15) is 0 Å². The van der Waals surface area contributed by atoms with Crippen LogP contribution in [0.4, 0.5) is 0 Å². The van der Waals surface area contributed by atoms with Crippen LogP contribution in [0.25, 0.3) is 0 Å². The van der Waals surface area contributed by atoms with Crippen molar-refractivity contribution in [2.45, 2.75) is 71.3 Å². The number of nitrogens with two attached hydrogens (primary N) is 1. The van der Waals surface area contributed by atoms with E-state index < -0.39 is 0 Å². The molecule has 2 rings (SSSR count). The molecule has 0 radical (unpaired) electrons. The van der Waals surface area contributed by atoms with Crippen molar-refractivity contribution in [2.75, 3.05) is 19.6 Å². The van der Waals surface area contributed by atoms with Gasteiger partial charge in [-0.3, -0.25) is 0 Å². The molecule has 0 amide bonds. The molecule has 2 nitrogen and oxygen atoms in total. The zero-order valence-corrected chi connectivity index (χ0v) is 12.5. The zero-order valence-electron chi connectivity index (χ0n) is 12.5. The van der Waals surface area contributed by atoms with Crippen molar-refractivity contribution in [3.8, 4) is 0 Å². The van der Waals surface area contributed by atoms with Gasteiger partial charge in [0.1, 0.15) is 0 Å². The third kappa shape index (κ3) is 4.24. The molecule has 2 atom stereocenters. The molecular formula is C16H32N2. The Hall–Kier alpha value is -0.0800. The summed E-state index contributed by atoms with van der Waals surface area (Å²) < 4.78 is 0. The minimum absolute atomic E-state index is 0.448. The van der Waals surface area contributed by atoms with E-state index in [1.54, 1.807) is 0 Å². The third-order valence-electron chi connectivity index (χ3n) is 5.02. The van der Waals surface area contributed by atoms with Crippen molar-refractivity contribution >= 4 is 0 Å². The summed E-state index contributed by atoms with van der Waals surface area (Å²) in [6.45, 7) is 8.70. The molecule has 0 aromatic rings. The predicted molar refractivity (Wildman–Crippen MR) is 78.6 cm³/mol. The first-order valence-corrected chi connectivity index (χ1v) is 8.05. The molecule has 1 saturated carbocycles. The molecule has 0 bridgehead atoms. The molecule has 2 heteroatoms. The Kier molecular flexibility index (Phi) is 5.08. The largest absolute Gasteiger partial charge is 0.327 e. The van der Waals surface area contributed by atoms with Crippen molar-refractivity contribution in [1.82, 2.24) is 4.90 Å². The van der Waals surface area contributed by atoms with Gasteiger partial charge in [0, 0.05) is 12.6 Å². The van der Waals surface area contributed by atoms with Crippen LogP contribution in [-0.4, -0.2) is 30.6 Å². The second-order valence-corrected chi connectivity index (χ2v) is 7.40. The normalized spacial score (nSPS) is 34.8. The minimum atomic E-state index is 0.448. The average molecular weight is 252 g/mol. The van der Waals surface area contributed by atoms with Crippen LogP contribution < -0.4 is 5.73 Å². The molecule has 1 aliphatic heterocycles. The van der Waals surface area contributed by atoms with Crippen molar-refractivity contribution in [2.24, 2.45) is 17.1 Å². The molecule has 2 unspecified atom stereocenters. The molecule has 18 heavy (non-hydrogen) atoms. The van der Waals surface area contributed by atoms with E-state index in [0.29, 0.717) is 11.5 Å². The highest BCUT2D eigenvalue weighted by Crippen LogP contribution is 2.38. The Labute approximate surface area is 113 Å². The highest BCUT2D eigenvalue weighted by Gasteiger charge is 2.33. The quantitative estimate of drug-likeness (QED) is 0.816. The number of rotatable bonds is 2. The molecule has 2 aliphatic rings. The number of nitrogens with zero attached hydrogens (tertiary/aromatic N) is 1. The molecule has 1 saturated heterocycles. The fraction of sp³-hybridized carbons (Fsp3) is 1.00. The Morgan fingerprint density at radius 2 is 1.67 bits per heavy atom. The lowest BCUT2D eigenvalue weighted by Crippen LogP contribution is -2.45. The lowest BCUT2D eigenvalue weighted by atomic mass is 9.70. The Bertz CT molecular complexity index is 241. The molecule has 106 valence electrons. The van der Waals surface area contributed by atoms with E-state index in [1.807, 2.05) is 0 Å². The van der Waals surface area contributed by atoms with Gasteiger partial charge in [-0.1, -0.05) is 33.1 Å². The van der Waals surface area contributed by atoms with Gasteiger partial charge in [-0.05, 0) is 56.5 Å². The number of hydrogen-bond donors (Lipinski definition) is 1. The van der Waals surface area contributed by atoms with E-state index in [-0.39, 0.29) is 0 Å². The van der Waals surface area contributed by atoms with Gasteiger partial charge < -0.3 is 10.6 Å². The molecule has 2 fully saturated rings. The average Bonchev–Trinajstić information content (AvgIpc) is 2.27. The summed E-state index contributed by atoms with van der Waals surface area (Å²) in [5, 5.41) is 0. The summed E-state index contributed by atoms with van der Waals surface area (Å²) in [5.74, 6) is 0.730. The maximum Gasteiger partial charge on any atom is 0.00797 e. The summed E-state index contributed by atoms with van der Waals surface area (Å²) in [5.41, 5.74) is 6.88. The van der Waals surface area contributed by atoms with Crippen molar-refractivity contribution in [3.05, 3.63) is 0 Å². The molecule has 0 spiro atoms. The van der Waals surface area contributed by atoms with E-state index in [2.05, 4.69) is 18.7 Å². The summed E-state index contributed by atoms with van der Waals surface area (Å²) in [6.07, 6.45) is 11.0. The first kappa shape index (κ1) is 14.3. The molecular weight excluding hydrogens is 220 g/mol. The van der Waals surface area contributed by atoms with E-state index >= 15 is 0 Å². The lowest BCUT2D eigenvalue weighted by molar-refractivity contribution is 0.110. The minimum Gasteiger partial charge on any atom is -0.327 e. The van der Waals surface area contributed by atoms with E-state index in [0.717, 1.165) is 5.92 Å². The van der Waals surface area contributed by atoms with E-state index in [4.69, 9.17) is 5.73 Å². The molecule has 0 aromatic heterocycles. The SMILES string of the molecule is CC1(C)CCC(N)C(CN2CCCCCCC2)C1. The van der Waals surface area contributed by atoms with Crippen molar-refractivity contribution in [3.63, 3.8) is 0 Å². The standard InChI is InChI=1S/C16H32N2/c1-16(2)9-8-15(17)14(12-16)13-18-10-6-4-3-5-7-11-18/h14-15H,3-13,17H2,1-2H3. The molecule has 2 N–H and O–H groups in total. The second kappa shape index (κ2) is 6.38. The monoisotopic (exact) mass is 252 g/mol. The maximum atomic E-state index is 6.36. The zero-order chi connectivity index (χ0) is 13.0.